The summed E-state index contributed by atoms with van der Waals surface area (Å²) in [6.07, 6.45) is 1.09. The molecule has 0 radical (unpaired) electrons. The Morgan fingerprint density at radius 2 is 1.80 bits per heavy atom. The van der Waals surface area contributed by atoms with Gasteiger partial charge in [0.1, 0.15) is 5.75 Å². The quantitative estimate of drug-likeness (QED) is 0.746. The largest absolute Gasteiger partial charge is 0.507 e. The third kappa shape index (κ3) is 1.89. The van der Waals surface area contributed by atoms with Crippen molar-refractivity contribution in [2.45, 2.75) is 13.3 Å². The molecule has 0 fully saturated rings. The molecular weight excluding hydrogens is 186 g/mol. The van der Waals surface area contributed by atoms with Gasteiger partial charge in [0.25, 0.3) is 0 Å². The van der Waals surface area contributed by atoms with Crippen LogP contribution in [-0.2, 0) is 0 Å². The van der Waals surface area contributed by atoms with Gasteiger partial charge in [-0.2, -0.15) is 0 Å². The van der Waals surface area contributed by atoms with Crippen molar-refractivity contribution in [3.05, 3.63) is 36.4 Å². The minimum absolute atomic E-state index is 0.340. The van der Waals surface area contributed by atoms with Crippen LogP contribution >= 0.6 is 0 Å². The molecule has 2 N–H and O–H groups in total. The third-order valence-corrected chi connectivity index (χ3v) is 2.47. The first kappa shape index (κ1) is 9.84. The van der Waals surface area contributed by atoms with E-state index in [2.05, 4.69) is 12.2 Å². The first-order chi connectivity index (χ1) is 7.33. The molecule has 78 valence electrons. The lowest BCUT2D eigenvalue weighted by Gasteiger charge is -2.09. The fraction of sp³-hybridized carbons (Fsp3) is 0.231. The highest BCUT2D eigenvalue weighted by Crippen LogP contribution is 2.30. The van der Waals surface area contributed by atoms with Gasteiger partial charge in [-0.25, -0.2) is 0 Å². The highest BCUT2D eigenvalue weighted by Gasteiger charge is 2.03. The molecule has 2 aromatic carbocycles. The zero-order valence-corrected chi connectivity index (χ0v) is 8.83. The number of phenolic OH excluding ortho intramolecular Hbond substituents is 1. The standard InChI is InChI=1S/C13H15NO/c1-2-9-14-12-7-8-13(15)11-6-4-3-5-10(11)12/h3-8,14-15H,2,9H2,1H3. The maximum atomic E-state index is 9.69. The van der Waals surface area contributed by atoms with Crippen molar-refractivity contribution in [3.8, 4) is 5.75 Å². The number of anilines is 1. The average molecular weight is 201 g/mol. The number of aromatic hydroxyl groups is 1. The number of nitrogens with one attached hydrogen (secondary N) is 1. The molecule has 0 aliphatic heterocycles. The maximum Gasteiger partial charge on any atom is 0.123 e. The van der Waals surface area contributed by atoms with Crippen molar-refractivity contribution >= 4 is 16.5 Å². The van der Waals surface area contributed by atoms with Gasteiger partial charge in [0, 0.05) is 23.0 Å². The summed E-state index contributed by atoms with van der Waals surface area (Å²) in [7, 11) is 0. The molecule has 0 aliphatic rings. The Kier molecular flexibility index (Phi) is 2.77. The van der Waals surface area contributed by atoms with Crippen molar-refractivity contribution in [2.24, 2.45) is 0 Å². The number of hydrogen-bond acceptors (Lipinski definition) is 2. The molecule has 0 heterocycles. The molecule has 0 saturated carbocycles. The van der Waals surface area contributed by atoms with Crippen LogP contribution in [-0.4, -0.2) is 11.7 Å². The number of benzene rings is 2. The van der Waals surface area contributed by atoms with Gasteiger partial charge in [-0.1, -0.05) is 31.2 Å². The fourth-order valence-electron chi connectivity index (χ4n) is 1.70. The summed E-state index contributed by atoms with van der Waals surface area (Å²) in [6, 6.07) is 11.5. The molecule has 2 nitrogen and oxygen atoms in total. The van der Waals surface area contributed by atoms with Gasteiger partial charge in [0.05, 0.1) is 0 Å². The molecule has 2 aromatic rings. The molecule has 0 atom stereocenters. The lowest BCUT2D eigenvalue weighted by Crippen LogP contribution is -1.99. The van der Waals surface area contributed by atoms with Gasteiger partial charge in [-0.05, 0) is 18.6 Å². The lowest BCUT2D eigenvalue weighted by atomic mass is 10.1. The highest BCUT2D eigenvalue weighted by atomic mass is 16.3. The Labute approximate surface area is 89.6 Å². The maximum absolute atomic E-state index is 9.69. The second kappa shape index (κ2) is 4.22. The Bertz CT molecular complexity index is 465. The van der Waals surface area contributed by atoms with E-state index in [0.717, 1.165) is 29.4 Å². The minimum atomic E-state index is 0.340. The molecule has 15 heavy (non-hydrogen) atoms. The molecule has 0 aromatic heterocycles. The average Bonchev–Trinajstić information content (AvgIpc) is 2.29. The SMILES string of the molecule is CCCNc1ccc(O)c2ccccc12. The first-order valence-corrected chi connectivity index (χ1v) is 5.27. The highest BCUT2D eigenvalue weighted by molar-refractivity contribution is 5.97. The van der Waals surface area contributed by atoms with Crippen LogP contribution in [0, 0.1) is 0 Å². The van der Waals surface area contributed by atoms with Crippen LogP contribution in [0.25, 0.3) is 10.8 Å². The smallest absolute Gasteiger partial charge is 0.123 e. The van der Waals surface area contributed by atoms with E-state index in [-0.39, 0.29) is 0 Å². The van der Waals surface area contributed by atoms with E-state index in [9.17, 15) is 5.11 Å². The first-order valence-electron chi connectivity index (χ1n) is 5.27. The van der Waals surface area contributed by atoms with Crippen molar-refractivity contribution in [1.82, 2.24) is 0 Å². The van der Waals surface area contributed by atoms with E-state index in [1.165, 1.54) is 0 Å². The lowest BCUT2D eigenvalue weighted by molar-refractivity contribution is 0.481. The van der Waals surface area contributed by atoms with Crippen molar-refractivity contribution in [1.29, 1.82) is 0 Å². The van der Waals surface area contributed by atoms with E-state index < -0.39 is 0 Å². The molecule has 0 aliphatic carbocycles. The zero-order chi connectivity index (χ0) is 10.7. The Morgan fingerprint density at radius 1 is 1.07 bits per heavy atom. The number of phenols is 1. The van der Waals surface area contributed by atoms with E-state index in [4.69, 9.17) is 0 Å². The summed E-state index contributed by atoms with van der Waals surface area (Å²) in [5, 5.41) is 15.0. The van der Waals surface area contributed by atoms with Crippen molar-refractivity contribution < 1.29 is 5.11 Å². The molecule has 2 heteroatoms. The van der Waals surface area contributed by atoms with E-state index >= 15 is 0 Å². The van der Waals surface area contributed by atoms with Crippen LogP contribution in [0.15, 0.2) is 36.4 Å². The summed E-state index contributed by atoms with van der Waals surface area (Å²) in [4.78, 5) is 0. The second-order valence-electron chi connectivity index (χ2n) is 3.60. The van der Waals surface area contributed by atoms with Gasteiger partial charge in [-0.3, -0.25) is 0 Å². The molecule has 0 bridgehead atoms. The normalized spacial score (nSPS) is 10.5. The van der Waals surface area contributed by atoms with Crippen LogP contribution in [0.1, 0.15) is 13.3 Å². The molecule has 0 unspecified atom stereocenters. The summed E-state index contributed by atoms with van der Waals surface area (Å²) in [5.41, 5.74) is 1.09. The third-order valence-electron chi connectivity index (χ3n) is 2.47. The predicted molar refractivity (Wildman–Crippen MR) is 64.4 cm³/mol. The van der Waals surface area contributed by atoms with Gasteiger partial charge in [-0.15, -0.1) is 0 Å². The van der Waals surface area contributed by atoms with Gasteiger partial charge < -0.3 is 10.4 Å². The van der Waals surface area contributed by atoms with Crippen LogP contribution in [0.3, 0.4) is 0 Å². The molecule has 0 amide bonds. The topological polar surface area (TPSA) is 32.3 Å². The van der Waals surface area contributed by atoms with Crippen LogP contribution < -0.4 is 5.32 Å². The summed E-state index contributed by atoms with van der Waals surface area (Å²) < 4.78 is 0. The fourth-order valence-corrected chi connectivity index (χ4v) is 1.70. The predicted octanol–water partition coefficient (Wildman–Crippen LogP) is 3.37. The molecule has 0 spiro atoms. The van der Waals surface area contributed by atoms with E-state index in [1.807, 2.05) is 30.3 Å². The molecule has 0 saturated heterocycles. The summed E-state index contributed by atoms with van der Waals surface area (Å²) >= 11 is 0. The number of rotatable bonds is 3. The second-order valence-corrected chi connectivity index (χ2v) is 3.60. The summed E-state index contributed by atoms with van der Waals surface area (Å²) in [5.74, 6) is 0.340. The van der Waals surface area contributed by atoms with Gasteiger partial charge in [0.2, 0.25) is 0 Å². The number of hydrogen-bond donors (Lipinski definition) is 2. The Morgan fingerprint density at radius 3 is 2.53 bits per heavy atom. The van der Waals surface area contributed by atoms with Crippen LogP contribution in [0.2, 0.25) is 0 Å². The Hall–Kier alpha value is -1.70. The van der Waals surface area contributed by atoms with Crippen LogP contribution in [0.4, 0.5) is 5.69 Å². The molecular formula is C13H15NO. The number of fused-ring (bicyclic) bond motifs is 1. The Balaban J connectivity index is 2.51. The van der Waals surface area contributed by atoms with E-state index in [0.29, 0.717) is 5.75 Å². The van der Waals surface area contributed by atoms with Gasteiger partial charge in [0.15, 0.2) is 0 Å². The monoisotopic (exact) mass is 201 g/mol. The van der Waals surface area contributed by atoms with Crippen LogP contribution in [0.5, 0.6) is 5.75 Å². The van der Waals surface area contributed by atoms with Crippen molar-refractivity contribution in [2.75, 3.05) is 11.9 Å². The molecule has 2 rings (SSSR count). The van der Waals surface area contributed by atoms with Crippen molar-refractivity contribution in [3.63, 3.8) is 0 Å². The van der Waals surface area contributed by atoms with Gasteiger partial charge >= 0.3 is 0 Å². The zero-order valence-electron chi connectivity index (χ0n) is 8.83. The summed E-state index contributed by atoms with van der Waals surface area (Å²) in [6.45, 7) is 3.09. The van der Waals surface area contributed by atoms with E-state index in [1.54, 1.807) is 6.07 Å². The minimum Gasteiger partial charge on any atom is -0.507 e.